The number of carbonyl (C=O) groups is 1. The van der Waals surface area contributed by atoms with E-state index in [1.165, 1.54) is 0 Å². The molecule has 0 spiro atoms. The van der Waals surface area contributed by atoms with Crippen molar-refractivity contribution in [2.24, 2.45) is 0 Å². The van der Waals surface area contributed by atoms with Gasteiger partial charge in [0.25, 0.3) is 0 Å². The SMILES string of the molecule is Cc1cccc(-c2ccc(C(=O)OC(C)(C)C)cc2)c1N. The first-order valence-corrected chi connectivity index (χ1v) is 6.97. The number of esters is 1. The Hall–Kier alpha value is -2.29. The van der Waals surface area contributed by atoms with Crippen LogP contribution in [0.5, 0.6) is 0 Å². The van der Waals surface area contributed by atoms with Gasteiger partial charge in [0.15, 0.2) is 0 Å². The van der Waals surface area contributed by atoms with E-state index in [-0.39, 0.29) is 5.97 Å². The molecule has 0 radical (unpaired) electrons. The Kier molecular flexibility index (Phi) is 4.03. The lowest BCUT2D eigenvalue weighted by Crippen LogP contribution is -2.23. The van der Waals surface area contributed by atoms with Crippen molar-refractivity contribution in [3.8, 4) is 11.1 Å². The number of hydrogen-bond donors (Lipinski definition) is 1. The van der Waals surface area contributed by atoms with Crippen LogP contribution in [0, 0.1) is 6.92 Å². The smallest absolute Gasteiger partial charge is 0.338 e. The molecular formula is C18H21NO2. The van der Waals surface area contributed by atoms with Crippen molar-refractivity contribution in [1.29, 1.82) is 0 Å². The van der Waals surface area contributed by atoms with Gasteiger partial charge < -0.3 is 10.5 Å². The highest BCUT2D eigenvalue weighted by atomic mass is 16.6. The number of hydrogen-bond acceptors (Lipinski definition) is 3. The van der Waals surface area contributed by atoms with Crippen LogP contribution in [-0.4, -0.2) is 11.6 Å². The number of benzene rings is 2. The van der Waals surface area contributed by atoms with Crippen molar-refractivity contribution in [3.63, 3.8) is 0 Å². The summed E-state index contributed by atoms with van der Waals surface area (Å²) in [5.41, 5.74) is 9.93. The lowest BCUT2D eigenvalue weighted by atomic mass is 10.00. The third-order valence-corrected chi connectivity index (χ3v) is 3.15. The van der Waals surface area contributed by atoms with Gasteiger partial charge in [0.05, 0.1) is 5.56 Å². The van der Waals surface area contributed by atoms with Gasteiger partial charge in [-0.2, -0.15) is 0 Å². The molecular weight excluding hydrogens is 262 g/mol. The molecule has 2 N–H and O–H groups in total. The summed E-state index contributed by atoms with van der Waals surface area (Å²) in [5.74, 6) is -0.314. The van der Waals surface area contributed by atoms with E-state index < -0.39 is 5.60 Å². The van der Waals surface area contributed by atoms with Crippen LogP contribution in [0.1, 0.15) is 36.7 Å². The van der Waals surface area contributed by atoms with Crippen LogP contribution in [0.4, 0.5) is 5.69 Å². The van der Waals surface area contributed by atoms with E-state index >= 15 is 0 Å². The molecule has 110 valence electrons. The van der Waals surface area contributed by atoms with E-state index in [1.807, 2.05) is 58.0 Å². The van der Waals surface area contributed by atoms with Gasteiger partial charge >= 0.3 is 5.97 Å². The van der Waals surface area contributed by atoms with E-state index in [0.29, 0.717) is 5.56 Å². The van der Waals surface area contributed by atoms with Crippen LogP contribution in [0.15, 0.2) is 42.5 Å². The number of aryl methyl sites for hydroxylation is 1. The van der Waals surface area contributed by atoms with Crippen LogP contribution >= 0.6 is 0 Å². The van der Waals surface area contributed by atoms with Gasteiger partial charge in [-0.15, -0.1) is 0 Å². The quantitative estimate of drug-likeness (QED) is 0.664. The molecule has 0 heterocycles. The van der Waals surface area contributed by atoms with Crippen molar-refractivity contribution >= 4 is 11.7 Å². The maximum Gasteiger partial charge on any atom is 0.338 e. The number of anilines is 1. The summed E-state index contributed by atoms with van der Waals surface area (Å²) in [7, 11) is 0. The summed E-state index contributed by atoms with van der Waals surface area (Å²) in [5, 5.41) is 0. The highest BCUT2D eigenvalue weighted by Crippen LogP contribution is 2.28. The second-order valence-corrected chi connectivity index (χ2v) is 6.12. The standard InChI is InChI=1S/C18H21NO2/c1-12-6-5-7-15(16(12)19)13-8-10-14(11-9-13)17(20)21-18(2,3)4/h5-11H,19H2,1-4H3. The van der Waals surface area contributed by atoms with Gasteiger partial charge in [-0.05, 0) is 51.0 Å². The fourth-order valence-corrected chi connectivity index (χ4v) is 2.06. The third-order valence-electron chi connectivity index (χ3n) is 3.15. The maximum absolute atomic E-state index is 12.0. The fraction of sp³-hybridized carbons (Fsp3) is 0.278. The average Bonchev–Trinajstić information content (AvgIpc) is 2.40. The molecule has 3 nitrogen and oxygen atoms in total. The average molecular weight is 283 g/mol. The van der Waals surface area contributed by atoms with E-state index in [1.54, 1.807) is 12.1 Å². The Morgan fingerprint density at radius 3 is 2.24 bits per heavy atom. The molecule has 3 heteroatoms. The first-order valence-electron chi connectivity index (χ1n) is 6.97. The molecule has 0 unspecified atom stereocenters. The van der Waals surface area contributed by atoms with E-state index in [2.05, 4.69) is 0 Å². The summed E-state index contributed by atoms with van der Waals surface area (Å²) < 4.78 is 5.35. The molecule has 0 saturated carbocycles. The summed E-state index contributed by atoms with van der Waals surface area (Å²) in [4.78, 5) is 12.0. The summed E-state index contributed by atoms with van der Waals surface area (Å²) in [6.07, 6.45) is 0. The summed E-state index contributed by atoms with van der Waals surface area (Å²) in [6.45, 7) is 7.54. The minimum Gasteiger partial charge on any atom is -0.456 e. The number of para-hydroxylation sites is 1. The Balaban J connectivity index is 2.27. The molecule has 2 rings (SSSR count). The zero-order chi connectivity index (χ0) is 15.6. The second kappa shape index (κ2) is 5.60. The van der Waals surface area contributed by atoms with E-state index in [4.69, 9.17) is 10.5 Å². The Bertz CT molecular complexity index is 652. The predicted octanol–water partition coefficient (Wildman–Crippen LogP) is 4.20. The highest BCUT2D eigenvalue weighted by Gasteiger charge is 2.17. The molecule has 0 amide bonds. The number of ether oxygens (including phenoxy) is 1. The Morgan fingerprint density at radius 2 is 1.67 bits per heavy atom. The van der Waals surface area contributed by atoms with Crippen LogP contribution in [0.2, 0.25) is 0 Å². The first-order chi connectivity index (χ1) is 9.78. The molecule has 0 aliphatic carbocycles. The molecule has 2 aromatic carbocycles. The van der Waals surface area contributed by atoms with Crippen LogP contribution in [0.25, 0.3) is 11.1 Å². The fourth-order valence-electron chi connectivity index (χ4n) is 2.06. The van der Waals surface area contributed by atoms with Crippen LogP contribution in [-0.2, 0) is 4.74 Å². The normalized spacial score (nSPS) is 11.2. The topological polar surface area (TPSA) is 52.3 Å². The van der Waals surface area contributed by atoms with Gasteiger partial charge in [0, 0.05) is 11.3 Å². The largest absolute Gasteiger partial charge is 0.456 e. The first kappa shape index (κ1) is 15.1. The van der Waals surface area contributed by atoms with Gasteiger partial charge in [-0.1, -0.05) is 30.3 Å². The molecule has 0 saturated heterocycles. The molecule has 0 aliphatic rings. The zero-order valence-corrected chi connectivity index (χ0v) is 12.9. The summed E-state index contributed by atoms with van der Waals surface area (Å²) >= 11 is 0. The molecule has 2 aromatic rings. The van der Waals surface area contributed by atoms with Crippen molar-refractivity contribution in [2.45, 2.75) is 33.3 Å². The third kappa shape index (κ3) is 3.63. The monoisotopic (exact) mass is 283 g/mol. The highest BCUT2D eigenvalue weighted by molar-refractivity contribution is 5.90. The minimum absolute atomic E-state index is 0.314. The van der Waals surface area contributed by atoms with Gasteiger partial charge in [0.1, 0.15) is 5.60 Å². The number of nitrogens with two attached hydrogens (primary N) is 1. The minimum atomic E-state index is -0.489. The van der Waals surface area contributed by atoms with Gasteiger partial charge in [-0.25, -0.2) is 4.79 Å². The predicted molar refractivity (Wildman–Crippen MR) is 86.2 cm³/mol. The number of rotatable bonds is 2. The molecule has 21 heavy (non-hydrogen) atoms. The number of nitrogen functional groups attached to an aromatic ring is 1. The van der Waals surface area contributed by atoms with Crippen LogP contribution < -0.4 is 5.73 Å². The molecule has 0 atom stereocenters. The van der Waals surface area contributed by atoms with E-state index in [0.717, 1.165) is 22.4 Å². The van der Waals surface area contributed by atoms with Crippen molar-refractivity contribution in [1.82, 2.24) is 0 Å². The van der Waals surface area contributed by atoms with Crippen LogP contribution in [0.3, 0.4) is 0 Å². The Morgan fingerprint density at radius 1 is 1.05 bits per heavy atom. The lowest BCUT2D eigenvalue weighted by Gasteiger charge is -2.19. The maximum atomic E-state index is 12.0. The van der Waals surface area contributed by atoms with Crippen molar-refractivity contribution in [3.05, 3.63) is 53.6 Å². The van der Waals surface area contributed by atoms with Crippen molar-refractivity contribution in [2.75, 3.05) is 5.73 Å². The van der Waals surface area contributed by atoms with Crippen molar-refractivity contribution < 1.29 is 9.53 Å². The second-order valence-electron chi connectivity index (χ2n) is 6.12. The molecule has 0 fully saturated rings. The molecule has 0 aromatic heterocycles. The molecule has 0 aliphatic heterocycles. The molecule has 0 bridgehead atoms. The summed E-state index contributed by atoms with van der Waals surface area (Å²) in [6, 6.07) is 13.3. The van der Waals surface area contributed by atoms with Gasteiger partial charge in [-0.3, -0.25) is 0 Å². The zero-order valence-electron chi connectivity index (χ0n) is 12.9. The van der Waals surface area contributed by atoms with E-state index in [9.17, 15) is 4.79 Å². The lowest BCUT2D eigenvalue weighted by molar-refractivity contribution is 0.00696. The number of carbonyl (C=O) groups excluding carboxylic acids is 1. The Labute approximate surface area is 125 Å². The van der Waals surface area contributed by atoms with Gasteiger partial charge in [0.2, 0.25) is 0 Å².